The molecule has 1 aromatic heterocycles. The molecule has 180 valence electrons. The zero-order valence-electron chi connectivity index (χ0n) is 19.6. The van der Waals surface area contributed by atoms with Gasteiger partial charge in [0.2, 0.25) is 5.91 Å². The normalized spacial score (nSPS) is 16.4. The van der Waals surface area contributed by atoms with Crippen LogP contribution in [0.25, 0.3) is 11.4 Å². The van der Waals surface area contributed by atoms with Crippen LogP contribution in [0.2, 0.25) is 0 Å². The van der Waals surface area contributed by atoms with Crippen molar-refractivity contribution >= 4 is 17.7 Å². The maximum absolute atomic E-state index is 12.5. The van der Waals surface area contributed by atoms with Crippen LogP contribution in [-0.2, 0) is 22.6 Å². The molecule has 9 heteroatoms. The summed E-state index contributed by atoms with van der Waals surface area (Å²) >= 11 is 1.39. The van der Waals surface area contributed by atoms with E-state index in [0.29, 0.717) is 19.7 Å². The van der Waals surface area contributed by atoms with Crippen molar-refractivity contribution in [3.63, 3.8) is 0 Å². The fourth-order valence-electron chi connectivity index (χ4n) is 3.93. The molecule has 0 bridgehead atoms. The molecule has 0 spiro atoms. The zero-order chi connectivity index (χ0) is 23.8. The van der Waals surface area contributed by atoms with Crippen molar-refractivity contribution in [3.05, 3.63) is 60.2 Å². The highest BCUT2D eigenvalue weighted by atomic mass is 32.2. The number of benzene rings is 2. The topological polar surface area (TPSA) is 81.5 Å². The maximum atomic E-state index is 12.5. The number of aromatic nitrogens is 3. The third kappa shape index (κ3) is 6.37. The summed E-state index contributed by atoms with van der Waals surface area (Å²) in [4.78, 5) is 14.9. The quantitative estimate of drug-likeness (QED) is 0.446. The van der Waals surface area contributed by atoms with Crippen molar-refractivity contribution in [1.29, 1.82) is 0 Å². The molecule has 2 heterocycles. The maximum Gasteiger partial charge on any atom is 0.230 e. The van der Waals surface area contributed by atoms with Gasteiger partial charge in [-0.25, -0.2) is 0 Å². The monoisotopic (exact) mass is 481 g/mol. The van der Waals surface area contributed by atoms with Gasteiger partial charge in [-0.1, -0.05) is 42.1 Å². The van der Waals surface area contributed by atoms with E-state index in [2.05, 4.69) is 44.7 Å². The van der Waals surface area contributed by atoms with E-state index in [1.54, 1.807) is 7.11 Å². The molecule has 0 aliphatic carbocycles. The summed E-state index contributed by atoms with van der Waals surface area (Å²) in [6.45, 7) is 6.54. The fourth-order valence-corrected chi connectivity index (χ4v) is 4.76. The van der Waals surface area contributed by atoms with Crippen molar-refractivity contribution in [2.45, 2.75) is 31.3 Å². The number of carbonyl (C=O) groups is 1. The number of morpholine rings is 1. The van der Waals surface area contributed by atoms with Gasteiger partial charge in [-0.05, 0) is 36.8 Å². The molecule has 1 fully saturated rings. The molecule has 1 aliphatic rings. The molecule has 34 heavy (non-hydrogen) atoms. The predicted octanol–water partition coefficient (Wildman–Crippen LogP) is 3.08. The van der Waals surface area contributed by atoms with Crippen LogP contribution < -0.4 is 10.1 Å². The highest BCUT2D eigenvalue weighted by molar-refractivity contribution is 7.99. The molecule has 2 aromatic carbocycles. The lowest BCUT2D eigenvalue weighted by atomic mass is 10.2. The Morgan fingerprint density at radius 3 is 2.71 bits per heavy atom. The number of carbonyl (C=O) groups excluding carboxylic acids is 1. The van der Waals surface area contributed by atoms with Crippen molar-refractivity contribution in [1.82, 2.24) is 25.0 Å². The number of nitrogens with zero attached hydrogens (tertiary/aromatic N) is 4. The van der Waals surface area contributed by atoms with Gasteiger partial charge in [0, 0.05) is 38.3 Å². The van der Waals surface area contributed by atoms with Gasteiger partial charge in [0.15, 0.2) is 11.0 Å². The van der Waals surface area contributed by atoms with E-state index in [0.717, 1.165) is 41.9 Å². The second-order valence-corrected chi connectivity index (χ2v) is 9.03. The molecule has 1 N–H and O–H groups in total. The number of nitrogens with one attached hydrogen (secondary N) is 1. The van der Waals surface area contributed by atoms with E-state index in [-0.39, 0.29) is 17.8 Å². The van der Waals surface area contributed by atoms with Crippen LogP contribution in [-0.4, -0.2) is 70.8 Å². The van der Waals surface area contributed by atoms with Crippen molar-refractivity contribution in [2.24, 2.45) is 0 Å². The van der Waals surface area contributed by atoms with Crippen LogP contribution in [0.15, 0.2) is 59.8 Å². The summed E-state index contributed by atoms with van der Waals surface area (Å²) in [5, 5.41) is 12.4. The molecule has 1 amide bonds. The molecular weight excluding hydrogens is 450 g/mol. The molecule has 8 nitrogen and oxygen atoms in total. The Bertz CT molecular complexity index is 1060. The Balaban J connectivity index is 1.25. The molecule has 1 atom stereocenters. The van der Waals surface area contributed by atoms with Crippen LogP contribution in [0, 0.1) is 0 Å². The van der Waals surface area contributed by atoms with Crippen molar-refractivity contribution < 1.29 is 14.3 Å². The SMILES string of the molecule is CCn1c(SCC(=O)NCC2CN(Cc3ccccc3)CCO2)nnc1-c1ccc(OC)cc1. The molecule has 1 aliphatic heterocycles. The largest absolute Gasteiger partial charge is 0.497 e. The molecule has 1 saturated heterocycles. The molecule has 3 aromatic rings. The van der Waals surface area contributed by atoms with Crippen LogP contribution >= 0.6 is 11.8 Å². The van der Waals surface area contributed by atoms with E-state index in [1.807, 2.05) is 41.8 Å². The average Bonchev–Trinajstić information content (AvgIpc) is 3.30. The van der Waals surface area contributed by atoms with Crippen LogP contribution in [0.4, 0.5) is 0 Å². The Labute approximate surface area is 204 Å². The third-order valence-corrected chi connectivity index (χ3v) is 6.68. The van der Waals surface area contributed by atoms with Gasteiger partial charge >= 0.3 is 0 Å². The van der Waals surface area contributed by atoms with Crippen LogP contribution in [0.5, 0.6) is 5.75 Å². The number of ether oxygens (including phenoxy) is 2. The standard InChI is InChI=1S/C25H31N5O3S/c1-3-30-24(20-9-11-21(32-2)12-10-20)27-28-25(30)34-18-23(31)26-15-22-17-29(13-14-33-22)16-19-7-5-4-6-8-19/h4-12,22H,3,13-18H2,1-2H3,(H,26,31). The highest BCUT2D eigenvalue weighted by Crippen LogP contribution is 2.25. The molecule has 1 unspecified atom stereocenters. The minimum atomic E-state index is -0.0366. The first-order valence-corrected chi connectivity index (χ1v) is 12.5. The van der Waals surface area contributed by atoms with Gasteiger partial charge < -0.3 is 19.4 Å². The summed E-state index contributed by atoms with van der Waals surface area (Å²) < 4.78 is 13.1. The molecule has 0 saturated carbocycles. The van der Waals surface area contributed by atoms with Crippen LogP contribution in [0.3, 0.4) is 0 Å². The fraction of sp³-hybridized carbons (Fsp3) is 0.400. The second-order valence-electron chi connectivity index (χ2n) is 8.09. The van der Waals surface area contributed by atoms with Gasteiger partial charge in [0.05, 0.1) is 25.6 Å². The highest BCUT2D eigenvalue weighted by Gasteiger charge is 2.21. The van der Waals surface area contributed by atoms with E-state index in [9.17, 15) is 4.79 Å². The summed E-state index contributed by atoms with van der Waals surface area (Å²) in [6.07, 6.45) is -0.00705. The van der Waals surface area contributed by atoms with Gasteiger partial charge in [-0.15, -0.1) is 10.2 Å². The van der Waals surface area contributed by atoms with E-state index < -0.39 is 0 Å². The van der Waals surface area contributed by atoms with E-state index in [4.69, 9.17) is 9.47 Å². The van der Waals surface area contributed by atoms with Crippen molar-refractivity contribution in [3.8, 4) is 17.1 Å². The zero-order valence-corrected chi connectivity index (χ0v) is 20.5. The first-order chi connectivity index (χ1) is 16.7. The minimum Gasteiger partial charge on any atom is -0.497 e. The Kier molecular flexibility index (Phi) is 8.56. The van der Waals surface area contributed by atoms with E-state index in [1.165, 1.54) is 17.3 Å². The van der Waals surface area contributed by atoms with E-state index >= 15 is 0 Å². The number of rotatable bonds is 10. The number of hydrogen-bond donors (Lipinski definition) is 1. The summed E-state index contributed by atoms with van der Waals surface area (Å²) in [5.74, 6) is 1.82. The number of thioether (sulfide) groups is 1. The lowest BCUT2D eigenvalue weighted by Crippen LogP contribution is -2.47. The van der Waals surface area contributed by atoms with Gasteiger partial charge in [0.25, 0.3) is 0 Å². The van der Waals surface area contributed by atoms with Gasteiger partial charge in [-0.2, -0.15) is 0 Å². The summed E-state index contributed by atoms with van der Waals surface area (Å²) in [6, 6.07) is 18.1. The second kappa shape index (κ2) is 12.0. The molecular formula is C25H31N5O3S. The number of methoxy groups -OCH3 is 1. The summed E-state index contributed by atoms with van der Waals surface area (Å²) in [7, 11) is 1.64. The molecule has 0 radical (unpaired) electrons. The first-order valence-electron chi connectivity index (χ1n) is 11.5. The minimum absolute atomic E-state index is 0.00705. The Morgan fingerprint density at radius 1 is 1.18 bits per heavy atom. The number of amides is 1. The Hall–Kier alpha value is -2.88. The van der Waals surface area contributed by atoms with Crippen molar-refractivity contribution in [2.75, 3.05) is 39.1 Å². The summed E-state index contributed by atoms with van der Waals surface area (Å²) in [5.41, 5.74) is 2.25. The van der Waals surface area contributed by atoms with Gasteiger partial charge in [0.1, 0.15) is 5.75 Å². The molecule has 4 rings (SSSR count). The third-order valence-electron chi connectivity index (χ3n) is 5.71. The first kappa shape index (κ1) is 24.3. The van der Waals surface area contributed by atoms with Crippen LogP contribution in [0.1, 0.15) is 12.5 Å². The number of hydrogen-bond acceptors (Lipinski definition) is 7. The Morgan fingerprint density at radius 2 is 1.97 bits per heavy atom. The predicted molar refractivity (Wildman–Crippen MR) is 133 cm³/mol. The smallest absolute Gasteiger partial charge is 0.230 e. The average molecular weight is 482 g/mol. The van der Waals surface area contributed by atoms with Gasteiger partial charge in [-0.3, -0.25) is 9.69 Å². The lowest BCUT2D eigenvalue weighted by Gasteiger charge is -2.33. The lowest BCUT2D eigenvalue weighted by molar-refractivity contribution is -0.119.